The average Bonchev–Trinajstić information content (AvgIpc) is 3.47. The fourth-order valence-corrected chi connectivity index (χ4v) is 5.57. The van der Waals surface area contributed by atoms with E-state index < -0.39 is 18.0 Å². The molecule has 0 saturated heterocycles. The van der Waals surface area contributed by atoms with Crippen molar-refractivity contribution in [2.24, 2.45) is 12.5 Å². The highest BCUT2D eigenvalue weighted by Gasteiger charge is 2.56. The van der Waals surface area contributed by atoms with E-state index in [-0.39, 0.29) is 5.41 Å². The minimum atomic E-state index is -2.49. The van der Waals surface area contributed by atoms with Crippen LogP contribution in [0.25, 0.3) is 21.9 Å². The first-order valence-corrected chi connectivity index (χ1v) is 14.1. The summed E-state index contributed by atoms with van der Waals surface area (Å²) in [6, 6.07) is 9.35. The third kappa shape index (κ3) is 4.95. The molecule has 1 aromatic carbocycles. The van der Waals surface area contributed by atoms with E-state index in [9.17, 15) is 14.0 Å². The second-order valence-corrected chi connectivity index (χ2v) is 12.6. The minimum Gasteiger partial charge on any atom is -0.383 e. The van der Waals surface area contributed by atoms with E-state index in [1.165, 1.54) is 11.2 Å². The molecule has 0 radical (unpaired) electrons. The molecular formula is C30H32ClF2N9. The first kappa shape index (κ1) is 28.0. The minimum absolute atomic E-state index is 0.0356. The number of hydrazine groups is 2. The lowest BCUT2D eigenvalue weighted by molar-refractivity contribution is 0.00911. The number of alkyl halides is 2. The lowest BCUT2D eigenvalue weighted by Crippen LogP contribution is -2.48. The molecule has 1 saturated carbocycles. The zero-order chi connectivity index (χ0) is 29.8. The summed E-state index contributed by atoms with van der Waals surface area (Å²) in [7, 11) is 1.92. The van der Waals surface area contributed by atoms with E-state index >= 15 is 0 Å². The van der Waals surface area contributed by atoms with Crippen LogP contribution in [-0.2, 0) is 7.05 Å². The molecule has 4 aromatic rings. The van der Waals surface area contributed by atoms with E-state index in [0.29, 0.717) is 57.9 Å². The second-order valence-electron chi connectivity index (χ2n) is 12.2. The molecule has 9 nitrogen and oxygen atoms in total. The number of aromatic nitrogens is 3. The molecule has 1 aliphatic carbocycles. The Hall–Kier alpha value is -4.14. The molecule has 2 aliphatic rings. The monoisotopic (exact) mass is 591 g/mol. The van der Waals surface area contributed by atoms with Crippen molar-refractivity contribution < 1.29 is 8.78 Å². The molecule has 0 bridgehead atoms. The lowest BCUT2D eigenvalue weighted by Gasteiger charge is -2.25. The van der Waals surface area contributed by atoms with Crippen LogP contribution in [0.1, 0.15) is 50.8 Å². The summed E-state index contributed by atoms with van der Waals surface area (Å²) >= 11 is 6.77. The first-order chi connectivity index (χ1) is 20.0. The topological polar surface area (TPSA) is 106 Å². The van der Waals surface area contributed by atoms with Crippen molar-refractivity contribution in [3.63, 3.8) is 0 Å². The third-order valence-corrected chi connectivity index (χ3v) is 8.10. The number of rotatable bonds is 8. The highest BCUT2D eigenvalue weighted by Crippen LogP contribution is 2.47. The van der Waals surface area contributed by atoms with Crippen LogP contribution >= 0.6 is 11.6 Å². The van der Waals surface area contributed by atoms with Gasteiger partial charge in [0.1, 0.15) is 17.3 Å². The maximum absolute atomic E-state index is 14.0. The molecule has 0 unspecified atom stereocenters. The normalized spacial score (nSPS) is 16.8. The Kier molecular flexibility index (Phi) is 6.86. The van der Waals surface area contributed by atoms with Gasteiger partial charge in [0, 0.05) is 54.8 Å². The molecule has 6 rings (SSSR count). The predicted molar refractivity (Wildman–Crippen MR) is 161 cm³/mol. The molecule has 4 N–H and O–H groups in total. The molecular weight excluding hydrogens is 560 g/mol. The van der Waals surface area contributed by atoms with E-state index in [1.807, 2.05) is 36.0 Å². The smallest absolute Gasteiger partial charge is 0.262 e. The summed E-state index contributed by atoms with van der Waals surface area (Å²) in [5.74, 6) is 0. The van der Waals surface area contributed by atoms with Gasteiger partial charge < -0.3 is 20.6 Å². The van der Waals surface area contributed by atoms with Crippen LogP contribution in [0.15, 0.2) is 54.8 Å². The van der Waals surface area contributed by atoms with Crippen LogP contribution in [0.3, 0.4) is 0 Å². The summed E-state index contributed by atoms with van der Waals surface area (Å²) in [4.78, 5) is 9.00. The van der Waals surface area contributed by atoms with Crippen molar-refractivity contribution in [2.45, 2.75) is 51.6 Å². The number of fused-ring (bicyclic) bond motifs is 2. The fraction of sp³-hybridized carbons (Fsp3) is 0.367. The average molecular weight is 592 g/mol. The second kappa shape index (κ2) is 10.3. The highest BCUT2D eigenvalue weighted by molar-refractivity contribution is 6.35. The molecule has 0 amide bonds. The van der Waals surface area contributed by atoms with Crippen molar-refractivity contribution in [1.29, 1.82) is 5.26 Å². The molecule has 1 aliphatic heterocycles. The Bertz CT molecular complexity index is 1750. The summed E-state index contributed by atoms with van der Waals surface area (Å²) in [5.41, 5.74) is 9.48. The molecule has 4 heterocycles. The Morgan fingerprint density at radius 1 is 1.19 bits per heavy atom. The summed E-state index contributed by atoms with van der Waals surface area (Å²) < 4.78 is 29.8. The van der Waals surface area contributed by atoms with Gasteiger partial charge in [-0.3, -0.25) is 9.99 Å². The van der Waals surface area contributed by atoms with Crippen LogP contribution in [-0.4, -0.2) is 38.1 Å². The maximum Gasteiger partial charge on any atom is 0.262 e. The Balaban J connectivity index is 1.46. The Morgan fingerprint density at radius 3 is 2.67 bits per heavy atom. The van der Waals surface area contributed by atoms with Crippen LogP contribution in [0.2, 0.25) is 5.02 Å². The number of pyridine rings is 2. The lowest BCUT2D eigenvalue weighted by atomic mass is 9.96. The molecule has 1 fully saturated rings. The van der Waals surface area contributed by atoms with Crippen molar-refractivity contribution in [3.8, 4) is 6.07 Å². The third-order valence-electron chi connectivity index (χ3n) is 7.81. The highest BCUT2D eigenvalue weighted by atomic mass is 35.5. The standard InChI is InChI=1S/C30H32ClF2N9/c1-29(2,3)16-37-24-17(13-34)14-36-25-21(24)11-18(12-22(25)31)38-26(19-5-9-35-27-20(19)6-10-41(27)4)23-15-42(40-39-23)30(7-8-30)28(32)33/h5-6,9-12,14-15,26,28,38-40H,7-8,16H2,1-4H3,(H,36,37)/t26-/m0/s1. The van der Waals surface area contributed by atoms with Crippen LogP contribution in [0.5, 0.6) is 0 Å². The van der Waals surface area contributed by atoms with Crippen molar-refractivity contribution >= 4 is 44.9 Å². The number of benzene rings is 1. The molecule has 3 aromatic heterocycles. The van der Waals surface area contributed by atoms with Gasteiger partial charge in [0.15, 0.2) is 0 Å². The number of nitriles is 1. The summed E-state index contributed by atoms with van der Waals surface area (Å²) in [6.45, 7) is 6.96. The number of hydrogen-bond donors (Lipinski definition) is 4. The van der Waals surface area contributed by atoms with E-state index in [2.05, 4.69) is 58.4 Å². The van der Waals surface area contributed by atoms with Crippen molar-refractivity contribution in [3.05, 3.63) is 70.9 Å². The largest absolute Gasteiger partial charge is 0.383 e. The van der Waals surface area contributed by atoms with Crippen LogP contribution in [0, 0.1) is 16.7 Å². The Morgan fingerprint density at radius 2 is 1.98 bits per heavy atom. The van der Waals surface area contributed by atoms with Crippen molar-refractivity contribution in [2.75, 3.05) is 17.2 Å². The first-order valence-electron chi connectivity index (χ1n) is 13.7. The van der Waals surface area contributed by atoms with Crippen LogP contribution < -0.4 is 21.6 Å². The number of aryl methyl sites for hydroxylation is 1. The summed E-state index contributed by atoms with van der Waals surface area (Å²) in [5, 5.41) is 20.4. The quantitative estimate of drug-likeness (QED) is 0.191. The SMILES string of the molecule is Cn1ccc2c([C@H](Nc3cc(Cl)c4ncc(C#N)c(NCC(C)(C)C)c4c3)C3=CN(C4(C(F)F)CC4)NN3)ccnc21. The summed E-state index contributed by atoms with van der Waals surface area (Å²) in [6.07, 6.45) is 5.22. The number of hydrogen-bond acceptors (Lipinski definition) is 8. The van der Waals surface area contributed by atoms with Gasteiger partial charge in [-0.2, -0.15) is 5.26 Å². The van der Waals surface area contributed by atoms with Gasteiger partial charge >= 0.3 is 0 Å². The number of anilines is 2. The molecule has 0 spiro atoms. The maximum atomic E-state index is 14.0. The van der Waals surface area contributed by atoms with E-state index in [1.54, 1.807) is 18.5 Å². The van der Waals surface area contributed by atoms with Gasteiger partial charge in [0.05, 0.1) is 33.5 Å². The van der Waals surface area contributed by atoms with Crippen molar-refractivity contribution in [1.82, 2.24) is 30.5 Å². The Labute approximate surface area is 247 Å². The molecule has 218 valence electrons. The number of nitrogens with zero attached hydrogens (tertiary/aromatic N) is 5. The fourth-order valence-electron chi connectivity index (χ4n) is 5.31. The van der Waals surface area contributed by atoms with Crippen LogP contribution in [0.4, 0.5) is 20.2 Å². The van der Waals surface area contributed by atoms with Gasteiger partial charge in [0.25, 0.3) is 6.43 Å². The van der Waals surface area contributed by atoms with E-state index in [0.717, 1.165) is 16.6 Å². The number of nitrogens with one attached hydrogen (secondary N) is 4. The van der Waals surface area contributed by atoms with E-state index in [4.69, 9.17) is 11.6 Å². The zero-order valence-corrected chi connectivity index (χ0v) is 24.5. The predicted octanol–water partition coefficient (Wildman–Crippen LogP) is 6.22. The number of halogens is 3. The zero-order valence-electron chi connectivity index (χ0n) is 23.8. The molecule has 42 heavy (non-hydrogen) atoms. The van der Waals surface area contributed by atoms with Gasteiger partial charge in [-0.15, -0.1) is 5.53 Å². The van der Waals surface area contributed by atoms with Gasteiger partial charge in [-0.25, -0.2) is 13.8 Å². The molecule has 12 heteroatoms. The van der Waals surface area contributed by atoms with Gasteiger partial charge in [-0.1, -0.05) is 32.4 Å². The van der Waals surface area contributed by atoms with Gasteiger partial charge in [-0.05, 0) is 48.1 Å². The van der Waals surface area contributed by atoms with Gasteiger partial charge in [0.2, 0.25) is 0 Å². The molecule has 1 atom stereocenters.